The van der Waals surface area contributed by atoms with Crippen molar-refractivity contribution in [1.82, 2.24) is 0 Å². The third-order valence-corrected chi connectivity index (χ3v) is 3.85. The van der Waals surface area contributed by atoms with Crippen LogP contribution >= 0.6 is 0 Å². The van der Waals surface area contributed by atoms with E-state index in [0.717, 1.165) is 0 Å². The topological polar surface area (TPSA) is 0 Å². The van der Waals surface area contributed by atoms with E-state index in [-0.39, 0.29) is 5.41 Å². The van der Waals surface area contributed by atoms with E-state index in [2.05, 4.69) is 58.2 Å². The standard InChI is InChI=1S/C17H20/c1-6-13-10-11-14-9-8-12(3)16(14)17(4,5)15(13)7-2/h6-12H,1-2H2,3-5H3. The highest BCUT2D eigenvalue weighted by atomic mass is 14.4. The third-order valence-electron chi connectivity index (χ3n) is 3.85. The molecule has 0 aromatic carbocycles. The van der Waals surface area contributed by atoms with E-state index in [9.17, 15) is 0 Å². The number of hydrogen-bond acceptors (Lipinski definition) is 0. The van der Waals surface area contributed by atoms with Gasteiger partial charge in [0.1, 0.15) is 0 Å². The van der Waals surface area contributed by atoms with Gasteiger partial charge >= 0.3 is 0 Å². The Kier molecular flexibility index (Phi) is 2.82. The van der Waals surface area contributed by atoms with Crippen molar-refractivity contribution in [1.29, 1.82) is 0 Å². The zero-order valence-electron chi connectivity index (χ0n) is 11.0. The minimum absolute atomic E-state index is 0.0209. The summed E-state index contributed by atoms with van der Waals surface area (Å²) in [5, 5.41) is 0. The molecule has 2 aliphatic carbocycles. The Morgan fingerprint density at radius 2 is 1.82 bits per heavy atom. The maximum absolute atomic E-state index is 3.98. The van der Waals surface area contributed by atoms with Crippen molar-refractivity contribution in [3.8, 4) is 0 Å². The lowest BCUT2D eigenvalue weighted by Crippen LogP contribution is -2.21. The van der Waals surface area contributed by atoms with Crippen LogP contribution in [0.5, 0.6) is 0 Å². The highest BCUT2D eigenvalue weighted by Crippen LogP contribution is 2.47. The van der Waals surface area contributed by atoms with Crippen molar-refractivity contribution in [3.05, 3.63) is 71.9 Å². The first-order valence-corrected chi connectivity index (χ1v) is 6.13. The van der Waals surface area contributed by atoms with Crippen LogP contribution in [0.2, 0.25) is 0 Å². The van der Waals surface area contributed by atoms with Gasteiger partial charge in [0.2, 0.25) is 0 Å². The molecule has 0 spiro atoms. The van der Waals surface area contributed by atoms with Gasteiger partial charge in [-0.3, -0.25) is 0 Å². The first-order valence-electron chi connectivity index (χ1n) is 6.13. The lowest BCUT2D eigenvalue weighted by Gasteiger charge is -2.32. The molecule has 0 bridgehead atoms. The Morgan fingerprint density at radius 1 is 1.12 bits per heavy atom. The number of hydrogen-bond donors (Lipinski definition) is 0. The van der Waals surface area contributed by atoms with E-state index in [1.807, 2.05) is 12.2 Å². The molecule has 0 N–H and O–H groups in total. The van der Waals surface area contributed by atoms with Crippen molar-refractivity contribution in [2.75, 3.05) is 0 Å². The van der Waals surface area contributed by atoms with Crippen LogP contribution in [0.25, 0.3) is 0 Å². The van der Waals surface area contributed by atoms with Gasteiger partial charge in [-0.15, -0.1) is 0 Å². The van der Waals surface area contributed by atoms with Gasteiger partial charge in [-0.05, 0) is 28.2 Å². The molecule has 1 unspecified atom stereocenters. The van der Waals surface area contributed by atoms with Crippen molar-refractivity contribution in [2.45, 2.75) is 20.8 Å². The van der Waals surface area contributed by atoms with Gasteiger partial charge in [-0.2, -0.15) is 0 Å². The van der Waals surface area contributed by atoms with E-state index in [1.165, 1.54) is 22.3 Å². The summed E-state index contributed by atoms with van der Waals surface area (Å²) < 4.78 is 0. The Morgan fingerprint density at radius 3 is 2.41 bits per heavy atom. The molecule has 0 fully saturated rings. The molecule has 2 aliphatic rings. The van der Waals surface area contributed by atoms with Crippen LogP contribution in [0.1, 0.15) is 20.8 Å². The van der Waals surface area contributed by atoms with Gasteiger partial charge in [0, 0.05) is 5.41 Å². The molecule has 2 rings (SSSR count). The highest BCUT2D eigenvalue weighted by molar-refractivity contribution is 5.58. The second-order valence-electron chi connectivity index (χ2n) is 5.25. The largest absolute Gasteiger partial charge is 0.0987 e. The predicted octanol–water partition coefficient (Wildman–Crippen LogP) is 4.75. The van der Waals surface area contributed by atoms with Crippen LogP contribution < -0.4 is 0 Å². The summed E-state index contributed by atoms with van der Waals surface area (Å²) in [7, 11) is 0. The van der Waals surface area contributed by atoms with E-state index in [1.54, 1.807) is 0 Å². The van der Waals surface area contributed by atoms with Crippen molar-refractivity contribution >= 4 is 0 Å². The molecule has 0 aliphatic heterocycles. The smallest absolute Gasteiger partial charge is 0.0126 e. The van der Waals surface area contributed by atoms with Crippen LogP contribution in [-0.2, 0) is 0 Å². The molecule has 0 amide bonds. The molecular weight excluding hydrogens is 204 g/mol. The minimum atomic E-state index is 0.0209. The molecular formula is C17H20. The summed E-state index contributed by atoms with van der Waals surface area (Å²) in [4.78, 5) is 0. The van der Waals surface area contributed by atoms with E-state index < -0.39 is 0 Å². The molecule has 1 atom stereocenters. The maximum atomic E-state index is 3.98. The first-order chi connectivity index (χ1) is 8.02. The second kappa shape index (κ2) is 4.03. The molecule has 0 saturated heterocycles. The van der Waals surface area contributed by atoms with Crippen molar-refractivity contribution in [3.63, 3.8) is 0 Å². The Balaban J connectivity index is 2.68. The zero-order chi connectivity index (χ0) is 12.6. The molecule has 0 nitrogen and oxygen atoms in total. The fourth-order valence-corrected chi connectivity index (χ4v) is 3.10. The average Bonchev–Trinajstić information content (AvgIpc) is 2.60. The Hall–Kier alpha value is -1.56. The maximum Gasteiger partial charge on any atom is 0.0126 e. The lowest BCUT2D eigenvalue weighted by atomic mass is 9.71. The zero-order valence-corrected chi connectivity index (χ0v) is 11.0. The van der Waals surface area contributed by atoms with E-state index >= 15 is 0 Å². The molecule has 0 aromatic heterocycles. The van der Waals surface area contributed by atoms with Crippen molar-refractivity contribution in [2.24, 2.45) is 11.3 Å². The van der Waals surface area contributed by atoms with Crippen LogP contribution in [0.15, 0.2) is 71.9 Å². The number of allylic oxidation sites excluding steroid dienone is 10. The fraction of sp³-hybridized carbons (Fsp3) is 0.294. The molecule has 0 heteroatoms. The van der Waals surface area contributed by atoms with Crippen LogP contribution in [0, 0.1) is 11.3 Å². The van der Waals surface area contributed by atoms with Crippen LogP contribution in [0.3, 0.4) is 0 Å². The molecule has 0 heterocycles. The van der Waals surface area contributed by atoms with E-state index in [4.69, 9.17) is 0 Å². The molecule has 0 aromatic rings. The Labute approximate surface area is 104 Å². The summed E-state index contributed by atoms with van der Waals surface area (Å²) in [5.41, 5.74) is 5.30. The normalized spacial score (nSPS) is 25.9. The summed E-state index contributed by atoms with van der Waals surface area (Å²) in [5.74, 6) is 0.503. The number of rotatable bonds is 2. The van der Waals surface area contributed by atoms with Gasteiger partial charge in [0.15, 0.2) is 0 Å². The predicted molar refractivity (Wildman–Crippen MR) is 75.7 cm³/mol. The summed E-state index contributed by atoms with van der Waals surface area (Å²) in [6.45, 7) is 14.7. The average molecular weight is 224 g/mol. The molecule has 88 valence electrons. The highest BCUT2D eigenvalue weighted by Gasteiger charge is 2.34. The Bertz CT molecular complexity index is 490. The van der Waals surface area contributed by atoms with Gasteiger partial charge in [0.25, 0.3) is 0 Å². The van der Waals surface area contributed by atoms with Crippen LogP contribution in [0.4, 0.5) is 0 Å². The van der Waals surface area contributed by atoms with E-state index in [0.29, 0.717) is 5.92 Å². The van der Waals surface area contributed by atoms with Gasteiger partial charge in [-0.25, -0.2) is 0 Å². The quantitative estimate of drug-likeness (QED) is 0.634. The van der Waals surface area contributed by atoms with Gasteiger partial charge in [0.05, 0.1) is 0 Å². The molecule has 0 saturated carbocycles. The summed E-state index contributed by atoms with van der Waals surface area (Å²) in [6.07, 6.45) is 12.7. The monoisotopic (exact) mass is 224 g/mol. The van der Waals surface area contributed by atoms with Gasteiger partial charge < -0.3 is 0 Å². The lowest BCUT2D eigenvalue weighted by molar-refractivity contribution is 0.504. The third kappa shape index (κ3) is 1.68. The summed E-state index contributed by atoms with van der Waals surface area (Å²) >= 11 is 0. The molecule has 0 radical (unpaired) electrons. The fourth-order valence-electron chi connectivity index (χ4n) is 3.10. The van der Waals surface area contributed by atoms with Gasteiger partial charge in [-0.1, -0.05) is 70.4 Å². The summed E-state index contributed by atoms with van der Waals surface area (Å²) in [6, 6.07) is 0. The minimum Gasteiger partial charge on any atom is -0.0987 e. The first kappa shape index (κ1) is 11.9. The van der Waals surface area contributed by atoms with Crippen molar-refractivity contribution < 1.29 is 0 Å². The molecule has 17 heavy (non-hydrogen) atoms. The SMILES string of the molecule is C=CC1=C(C=C)C(C)(C)C2=C(C=C1)C=CC2C. The van der Waals surface area contributed by atoms with Crippen LogP contribution in [-0.4, -0.2) is 0 Å². The second-order valence-corrected chi connectivity index (χ2v) is 5.25.